The minimum absolute atomic E-state index is 0.329. The summed E-state index contributed by atoms with van der Waals surface area (Å²) in [7, 11) is 0. The molecule has 0 saturated heterocycles. The van der Waals surface area contributed by atoms with Gasteiger partial charge in [-0.05, 0) is 31.5 Å². The first kappa shape index (κ1) is 12.5. The van der Waals surface area contributed by atoms with Gasteiger partial charge in [-0.15, -0.1) is 0 Å². The molecule has 2 rings (SSSR count). The Hall–Kier alpha value is -1.95. The molecule has 0 aliphatic rings. The average Bonchev–Trinajstić information content (AvgIpc) is 2.63. The molecule has 1 heterocycles. The SMILES string of the molecule is Cc1ccc(NC(=O)c2sc(N)nc2C)cc1F. The van der Waals surface area contributed by atoms with Crippen LogP contribution in [-0.2, 0) is 0 Å². The number of hydrogen-bond donors (Lipinski definition) is 2. The number of halogens is 1. The first-order valence-electron chi connectivity index (χ1n) is 5.28. The molecule has 1 aromatic heterocycles. The number of nitrogens with two attached hydrogens (primary N) is 1. The van der Waals surface area contributed by atoms with Gasteiger partial charge in [-0.3, -0.25) is 4.79 Å². The highest BCUT2D eigenvalue weighted by Crippen LogP contribution is 2.21. The number of benzene rings is 1. The standard InChI is InChI=1S/C12H12FN3OS/c1-6-3-4-8(5-9(6)13)16-11(17)10-7(2)15-12(14)18-10/h3-5H,1-2H3,(H2,14,15)(H,16,17). The number of carbonyl (C=O) groups excluding carboxylic acids is 1. The number of hydrogen-bond acceptors (Lipinski definition) is 4. The predicted octanol–water partition coefficient (Wildman–Crippen LogP) is 2.73. The fraction of sp³-hybridized carbons (Fsp3) is 0.167. The lowest BCUT2D eigenvalue weighted by molar-refractivity contribution is 0.103. The van der Waals surface area contributed by atoms with Crippen molar-refractivity contribution in [3.05, 3.63) is 40.2 Å². The number of thiazole rings is 1. The zero-order valence-electron chi connectivity index (χ0n) is 9.95. The topological polar surface area (TPSA) is 68.0 Å². The molecule has 1 aromatic carbocycles. The van der Waals surface area contributed by atoms with Crippen molar-refractivity contribution < 1.29 is 9.18 Å². The van der Waals surface area contributed by atoms with Crippen LogP contribution in [0.4, 0.5) is 15.2 Å². The van der Waals surface area contributed by atoms with Crippen LogP contribution in [0.5, 0.6) is 0 Å². The molecule has 3 N–H and O–H groups in total. The second-order valence-corrected chi connectivity index (χ2v) is 4.92. The van der Waals surface area contributed by atoms with Gasteiger partial charge in [0.05, 0.1) is 5.69 Å². The predicted molar refractivity (Wildman–Crippen MR) is 70.4 cm³/mol. The summed E-state index contributed by atoms with van der Waals surface area (Å²) in [4.78, 5) is 16.3. The molecule has 0 spiro atoms. The van der Waals surface area contributed by atoms with E-state index in [-0.39, 0.29) is 11.7 Å². The van der Waals surface area contributed by atoms with Gasteiger partial charge in [-0.1, -0.05) is 17.4 Å². The summed E-state index contributed by atoms with van der Waals surface area (Å²) in [6, 6.07) is 4.54. The minimum atomic E-state index is -0.353. The Morgan fingerprint density at radius 2 is 2.17 bits per heavy atom. The second kappa shape index (κ2) is 4.73. The molecule has 0 atom stereocenters. The quantitative estimate of drug-likeness (QED) is 0.877. The summed E-state index contributed by atoms with van der Waals surface area (Å²) in [5.74, 6) is -0.682. The van der Waals surface area contributed by atoms with Crippen LogP contribution in [0.15, 0.2) is 18.2 Å². The van der Waals surface area contributed by atoms with Crippen molar-refractivity contribution in [3.8, 4) is 0 Å². The van der Waals surface area contributed by atoms with Gasteiger partial charge in [-0.2, -0.15) is 0 Å². The lowest BCUT2D eigenvalue weighted by Gasteiger charge is -2.05. The summed E-state index contributed by atoms with van der Waals surface area (Å²) >= 11 is 1.11. The van der Waals surface area contributed by atoms with Crippen molar-refractivity contribution in [3.63, 3.8) is 0 Å². The molecule has 18 heavy (non-hydrogen) atoms. The van der Waals surface area contributed by atoms with Gasteiger partial charge >= 0.3 is 0 Å². The van der Waals surface area contributed by atoms with Crippen LogP contribution in [0.2, 0.25) is 0 Å². The van der Waals surface area contributed by atoms with Crippen LogP contribution in [0.3, 0.4) is 0 Å². The lowest BCUT2D eigenvalue weighted by Crippen LogP contribution is -2.11. The normalized spacial score (nSPS) is 10.4. The maximum atomic E-state index is 13.3. The number of nitrogens with one attached hydrogen (secondary N) is 1. The number of aryl methyl sites for hydroxylation is 2. The van der Waals surface area contributed by atoms with Crippen molar-refractivity contribution in [2.45, 2.75) is 13.8 Å². The number of nitrogens with zero attached hydrogens (tertiary/aromatic N) is 1. The van der Waals surface area contributed by atoms with Crippen molar-refractivity contribution in [1.82, 2.24) is 4.98 Å². The third-order valence-corrected chi connectivity index (χ3v) is 3.43. The van der Waals surface area contributed by atoms with Crippen molar-refractivity contribution in [2.75, 3.05) is 11.1 Å². The zero-order valence-corrected chi connectivity index (χ0v) is 10.8. The van der Waals surface area contributed by atoms with E-state index in [0.717, 1.165) is 11.3 Å². The molecule has 0 fully saturated rings. The Kier molecular flexibility index (Phi) is 3.29. The van der Waals surface area contributed by atoms with Crippen molar-refractivity contribution in [1.29, 1.82) is 0 Å². The molecule has 0 aliphatic heterocycles. The van der Waals surface area contributed by atoms with Crippen LogP contribution in [0.25, 0.3) is 0 Å². The molecule has 0 saturated carbocycles. The molecule has 1 amide bonds. The number of aromatic nitrogens is 1. The van der Waals surface area contributed by atoms with Crippen LogP contribution in [0, 0.1) is 19.7 Å². The number of carbonyl (C=O) groups is 1. The van der Waals surface area contributed by atoms with Crippen LogP contribution < -0.4 is 11.1 Å². The molecule has 0 bridgehead atoms. The Morgan fingerprint density at radius 3 is 2.72 bits per heavy atom. The number of nitrogen functional groups attached to an aromatic ring is 1. The summed E-state index contributed by atoms with van der Waals surface area (Å²) in [5, 5.41) is 2.96. The van der Waals surface area contributed by atoms with Gasteiger partial charge in [0.1, 0.15) is 10.7 Å². The van der Waals surface area contributed by atoms with Gasteiger partial charge in [0.15, 0.2) is 5.13 Å². The summed E-state index contributed by atoms with van der Waals surface area (Å²) in [6.45, 7) is 3.37. The smallest absolute Gasteiger partial charge is 0.267 e. The molecule has 94 valence electrons. The first-order chi connectivity index (χ1) is 8.47. The third kappa shape index (κ3) is 2.48. The van der Waals surface area contributed by atoms with Crippen LogP contribution in [-0.4, -0.2) is 10.9 Å². The average molecular weight is 265 g/mol. The zero-order chi connectivity index (χ0) is 13.3. The largest absolute Gasteiger partial charge is 0.375 e. The molecule has 0 aliphatic carbocycles. The van der Waals surface area contributed by atoms with Gasteiger partial charge < -0.3 is 11.1 Å². The fourth-order valence-electron chi connectivity index (χ4n) is 1.49. The molecule has 0 unspecified atom stereocenters. The van der Waals surface area contributed by atoms with E-state index in [1.165, 1.54) is 6.07 Å². The van der Waals surface area contributed by atoms with E-state index in [4.69, 9.17) is 5.73 Å². The van der Waals surface area contributed by atoms with E-state index in [2.05, 4.69) is 10.3 Å². The summed E-state index contributed by atoms with van der Waals surface area (Å²) in [6.07, 6.45) is 0. The van der Waals surface area contributed by atoms with E-state index < -0.39 is 0 Å². The van der Waals surface area contributed by atoms with Crippen molar-refractivity contribution in [2.24, 2.45) is 0 Å². The first-order valence-corrected chi connectivity index (χ1v) is 6.09. The maximum absolute atomic E-state index is 13.3. The highest BCUT2D eigenvalue weighted by atomic mass is 32.1. The number of rotatable bonds is 2. The summed E-state index contributed by atoms with van der Waals surface area (Å²) < 4.78 is 13.3. The van der Waals surface area contributed by atoms with E-state index in [9.17, 15) is 9.18 Å². The maximum Gasteiger partial charge on any atom is 0.267 e. The highest BCUT2D eigenvalue weighted by Gasteiger charge is 2.14. The molecular weight excluding hydrogens is 253 g/mol. The molecule has 6 heteroatoms. The molecule has 0 radical (unpaired) electrons. The van der Waals surface area contributed by atoms with Gasteiger partial charge in [0.2, 0.25) is 0 Å². The van der Waals surface area contributed by atoms with Crippen LogP contribution >= 0.6 is 11.3 Å². The fourth-order valence-corrected chi connectivity index (χ4v) is 2.22. The number of anilines is 2. The lowest BCUT2D eigenvalue weighted by atomic mass is 10.2. The number of amides is 1. The molecule has 2 aromatic rings. The second-order valence-electron chi connectivity index (χ2n) is 3.88. The van der Waals surface area contributed by atoms with E-state index in [0.29, 0.717) is 27.0 Å². The van der Waals surface area contributed by atoms with Gasteiger partial charge in [0, 0.05) is 5.69 Å². The van der Waals surface area contributed by atoms with Gasteiger partial charge in [0.25, 0.3) is 5.91 Å². The van der Waals surface area contributed by atoms with E-state index in [1.807, 2.05) is 0 Å². The molecular formula is C12H12FN3OS. The monoisotopic (exact) mass is 265 g/mol. The third-order valence-electron chi connectivity index (χ3n) is 2.45. The van der Waals surface area contributed by atoms with Crippen molar-refractivity contribution >= 4 is 28.1 Å². The van der Waals surface area contributed by atoms with E-state index >= 15 is 0 Å². The Bertz CT molecular complexity index is 609. The molecule has 4 nitrogen and oxygen atoms in total. The highest BCUT2D eigenvalue weighted by molar-refractivity contribution is 7.17. The Morgan fingerprint density at radius 1 is 1.44 bits per heavy atom. The minimum Gasteiger partial charge on any atom is -0.375 e. The van der Waals surface area contributed by atoms with Gasteiger partial charge in [-0.25, -0.2) is 9.37 Å². The van der Waals surface area contributed by atoms with Crippen LogP contribution in [0.1, 0.15) is 20.9 Å². The Balaban J connectivity index is 2.21. The van der Waals surface area contributed by atoms with E-state index in [1.54, 1.807) is 26.0 Å². The Labute approximate surface area is 108 Å². The summed E-state index contributed by atoms with van der Waals surface area (Å²) in [5.41, 5.74) is 7.04.